The smallest absolute Gasteiger partial charge is 0.261 e. The van der Waals surface area contributed by atoms with Crippen LogP contribution in [0.2, 0.25) is 5.02 Å². The molecule has 0 bridgehead atoms. The van der Waals surface area contributed by atoms with E-state index in [1.165, 1.54) is 6.07 Å². The fraction of sp³-hybridized carbons (Fsp3) is 0.316. The molecule has 0 radical (unpaired) electrons. The summed E-state index contributed by atoms with van der Waals surface area (Å²) < 4.78 is 27.8. The van der Waals surface area contributed by atoms with Crippen molar-refractivity contribution in [3.8, 4) is 0 Å². The Hall–Kier alpha value is -1.89. The first kappa shape index (κ1) is 20.4. The van der Waals surface area contributed by atoms with Crippen LogP contribution in [-0.4, -0.2) is 20.2 Å². The van der Waals surface area contributed by atoms with Crippen molar-refractivity contribution in [2.24, 2.45) is 11.7 Å². The Bertz CT molecular complexity index is 894. The van der Waals surface area contributed by atoms with Gasteiger partial charge in [-0.1, -0.05) is 31.5 Å². The molecule has 2 rings (SSSR count). The lowest BCUT2D eigenvalue weighted by atomic mass is 9.94. The van der Waals surface area contributed by atoms with E-state index in [0.29, 0.717) is 17.1 Å². The molecule has 0 heterocycles. The van der Waals surface area contributed by atoms with Crippen LogP contribution in [0, 0.1) is 12.8 Å². The third-order valence-electron chi connectivity index (χ3n) is 4.10. The van der Waals surface area contributed by atoms with Gasteiger partial charge in [0, 0.05) is 16.6 Å². The van der Waals surface area contributed by atoms with Crippen molar-refractivity contribution in [2.45, 2.75) is 38.1 Å². The van der Waals surface area contributed by atoms with Crippen LogP contribution >= 0.6 is 11.6 Å². The van der Waals surface area contributed by atoms with Gasteiger partial charge < -0.3 is 5.73 Å². The molecule has 0 spiro atoms. The van der Waals surface area contributed by atoms with Crippen molar-refractivity contribution in [2.75, 3.05) is 4.72 Å². The maximum absolute atomic E-state index is 12.6. The Morgan fingerprint density at radius 3 is 2.35 bits per heavy atom. The standard InChI is InChI=1S/C19H23ClN2O3S/c1-12(2)19(23)18(21)11-14-10-17(9-4-13(14)3)26(24,25)22-16-7-5-15(20)6-8-16/h4-10,12,18,22H,11,21H2,1-3H3/t18-/m0/s1. The molecule has 26 heavy (non-hydrogen) atoms. The van der Waals surface area contributed by atoms with Gasteiger partial charge in [-0.3, -0.25) is 9.52 Å². The Kier molecular flexibility index (Phi) is 6.44. The molecule has 0 saturated carbocycles. The van der Waals surface area contributed by atoms with E-state index in [1.54, 1.807) is 50.2 Å². The van der Waals surface area contributed by atoms with Gasteiger partial charge >= 0.3 is 0 Å². The summed E-state index contributed by atoms with van der Waals surface area (Å²) in [5.74, 6) is -0.208. The predicted molar refractivity (Wildman–Crippen MR) is 105 cm³/mol. The van der Waals surface area contributed by atoms with Crippen molar-refractivity contribution >= 4 is 33.1 Å². The molecule has 0 aliphatic carbocycles. The Morgan fingerprint density at radius 2 is 1.77 bits per heavy atom. The molecule has 0 unspecified atom stereocenters. The SMILES string of the molecule is Cc1ccc(S(=O)(=O)Nc2ccc(Cl)cc2)cc1C[C@H](N)C(=O)C(C)C. The lowest BCUT2D eigenvalue weighted by Gasteiger charge is -2.16. The second kappa shape index (κ2) is 8.20. The summed E-state index contributed by atoms with van der Waals surface area (Å²) in [7, 11) is -3.76. The first-order valence-electron chi connectivity index (χ1n) is 8.27. The minimum atomic E-state index is -3.76. The maximum Gasteiger partial charge on any atom is 0.261 e. The first-order chi connectivity index (χ1) is 12.1. The molecular formula is C19H23ClN2O3S. The number of aryl methyl sites for hydroxylation is 1. The maximum atomic E-state index is 12.6. The van der Waals surface area contributed by atoms with Crippen molar-refractivity contribution in [3.63, 3.8) is 0 Å². The van der Waals surface area contributed by atoms with Gasteiger partial charge in [0.1, 0.15) is 0 Å². The summed E-state index contributed by atoms with van der Waals surface area (Å²) in [5, 5.41) is 0.523. The zero-order valence-corrected chi connectivity index (χ0v) is 16.6. The quantitative estimate of drug-likeness (QED) is 0.751. The van der Waals surface area contributed by atoms with Crippen LogP contribution in [-0.2, 0) is 21.2 Å². The number of anilines is 1. The number of benzene rings is 2. The highest BCUT2D eigenvalue weighted by molar-refractivity contribution is 7.92. The number of carbonyl (C=O) groups excluding carboxylic acids is 1. The molecule has 1 atom stereocenters. The number of ketones is 1. The van der Waals surface area contributed by atoms with Crippen molar-refractivity contribution < 1.29 is 13.2 Å². The predicted octanol–water partition coefficient (Wildman–Crippen LogP) is 3.54. The van der Waals surface area contributed by atoms with Crippen LogP contribution in [0.1, 0.15) is 25.0 Å². The van der Waals surface area contributed by atoms with Gasteiger partial charge in [0.25, 0.3) is 10.0 Å². The molecule has 3 N–H and O–H groups in total. The van der Waals surface area contributed by atoms with E-state index in [2.05, 4.69) is 4.72 Å². The molecule has 7 heteroatoms. The topological polar surface area (TPSA) is 89.3 Å². The van der Waals surface area contributed by atoms with E-state index >= 15 is 0 Å². The summed E-state index contributed by atoms with van der Waals surface area (Å²) in [5.41, 5.74) is 8.04. The number of Topliss-reactive ketones (excluding diaryl/α,β-unsaturated/α-hetero) is 1. The van der Waals surface area contributed by atoms with E-state index in [9.17, 15) is 13.2 Å². The second-order valence-electron chi connectivity index (χ2n) is 6.57. The highest BCUT2D eigenvalue weighted by Crippen LogP contribution is 2.21. The third-order valence-corrected chi connectivity index (χ3v) is 5.73. The second-order valence-corrected chi connectivity index (χ2v) is 8.69. The molecule has 5 nitrogen and oxygen atoms in total. The fourth-order valence-electron chi connectivity index (χ4n) is 2.53. The average molecular weight is 395 g/mol. The van der Waals surface area contributed by atoms with Gasteiger partial charge in [-0.15, -0.1) is 0 Å². The van der Waals surface area contributed by atoms with Gasteiger partial charge in [-0.05, 0) is 60.9 Å². The number of halogens is 1. The van der Waals surface area contributed by atoms with Crippen molar-refractivity contribution in [1.82, 2.24) is 0 Å². The van der Waals surface area contributed by atoms with Crippen molar-refractivity contribution in [3.05, 3.63) is 58.6 Å². The van der Waals surface area contributed by atoms with Gasteiger partial charge in [0.15, 0.2) is 5.78 Å². The summed E-state index contributed by atoms with van der Waals surface area (Å²) in [4.78, 5) is 12.2. The largest absolute Gasteiger partial charge is 0.321 e. The zero-order chi connectivity index (χ0) is 19.5. The summed E-state index contributed by atoms with van der Waals surface area (Å²) in [6.45, 7) is 5.46. The number of hydrogen-bond donors (Lipinski definition) is 2. The minimum absolute atomic E-state index is 0.0445. The van der Waals surface area contributed by atoms with Gasteiger partial charge in [0.2, 0.25) is 0 Å². The van der Waals surface area contributed by atoms with Crippen LogP contribution in [0.3, 0.4) is 0 Å². The van der Waals surface area contributed by atoms with E-state index < -0.39 is 16.1 Å². The molecule has 2 aromatic carbocycles. The molecule has 0 aliphatic rings. The molecule has 2 aromatic rings. The zero-order valence-electron chi connectivity index (χ0n) is 15.0. The number of nitrogens with one attached hydrogen (secondary N) is 1. The van der Waals surface area contributed by atoms with Gasteiger partial charge in [-0.2, -0.15) is 0 Å². The van der Waals surface area contributed by atoms with E-state index in [0.717, 1.165) is 11.1 Å². The number of carbonyl (C=O) groups is 1. The molecule has 140 valence electrons. The normalized spacial score (nSPS) is 12.8. The number of nitrogens with two attached hydrogens (primary N) is 1. The van der Waals surface area contributed by atoms with Crippen LogP contribution in [0.15, 0.2) is 47.4 Å². The lowest BCUT2D eigenvalue weighted by Crippen LogP contribution is -2.35. The van der Waals surface area contributed by atoms with Gasteiger partial charge in [0.05, 0.1) is 10.9 Å². The summed E-state index contributed by atoms with van der Waals surface area (Å²) >= 11 is 5.82. The highest BCUT2D eigenvalue weighted by Gasteiger charge is 2.20. The monoisotopic (exact) mass is 394 g/mol. The van der Waals surface area contributed by atoms with Crippen LogP contribution in [0.4, 0.5) is 5.69 Å². The number of sulfonamides is 1. The Morgan fingerprint density at radius 1 is 1.15 bits per heavy atom. The number of hydrogen-bond acceptors (Lipinski definition) is 4. The molecular weight excluding hydrogens is 372 g/mol. The summed E-state index contributed by atoms with van der Waals surface area (Å²) in [6.07, 6.45) is 0.299. The van der Waals surface area contributed by atoms with Crippen molar-refractivity contribution in [1.29, 1.82) is 0 Å². The average Bonchev–Trinajstić information content (AvgIpc) is 2.57. The molecule has 0 saturated heterocycles. The lowest BCUT2D eigenvalue weighted by molar-refractivity contribution is -0.123. The van der Waals surface area contributed by atoms with E-state index in [4.69, 9.17) is 17.3 Å². The fourth-order valence-corrected chi connectivity index (χ4v) is 3.77. The molecule has 0 fully saturated rings. The molecule has 0 aromatic heterocycles. The molecule has 0 aliphatic heterocycles. The van der Waals surface area contributed by atoms with E-state index in [1.807, 2.05) is 6.92 Å². The van der Waals surface area contributed by atoms with Crippen LogP contribution in [0.25, 0.3) is 0 Å². The Labute approximate surface area is 159 Å². The van der Waals surface area contributed by atoms with Crippen LogP contribution in [0.5, 0.6) is 0 Å². The van der Waals surface area contributed by atoms with Crippen LogP contribution < -0.4 is 10.5 Å². The molecule has 0 amide bonds. The van der Waals surface area contributed by atoms with E-state index in [-0.39, 0.29) is 16.6 Å². The minimum Gasteiger partial charge on any atom is -0.321 e. The first-order valence-corrected chi connectivity index (χ1v) is 10.1. The van der Waals surface area contributed by atoms with Gasteiger partial charge in [-0.25, -0.2) is 8.42 Å². The number of rotatable bonds is 7. The third kappa shape index (κ3) is 5.06. The summed E-state index contributed by atoms with van der Waals surface area (Å²) in [6, 6.07) is 10.6. The Balaban J connectivity index is 2.27. The highest BCUT2D eigenvalue weighted by atomic mass is 35.5.